The van der Waals surface area contributed by atoms with Crippen LogP contribution in [0.2, 0.25) is 5.02 Å². The summed E-state index contributed by atoms with van der Waals surface area (Å²) in [6, 6.07) is 5.04. The fourth-order valence-corrected chi connectivity index (χ4v) is 3.56. The molecule has 0 unspecified atom stereocenters. The molecule has 0 bridgehead atoms. The van der Waals surface area contributed by atoms with E-state index in [4.69, 9.17) is 16.3 Å². The van der Waals surface area contributed by atoms with Crippen molar-refractivity contribution < 1.29 is 19.1 Å². The Hall–Kier alpha value is -3.26. The number of rotatable bonds is 6. The first kappa shape index (κ1) is 21.4. The number of aromatic nitrogens is 4. The van der Waals surface area contributed by atoms with E-state index < -0.39 is 18.4 Å². The quantitative estimate of drug-likeness (QED) is 0.473. The van der Waals surface area contributed by atoms with E-state index in [2.05, 4.69) is 15.1 Å². The van der Waals surface area contributed by atoms with Gasteiger partial charge in [0, 0.05) is 17.0 Å². The molecule has 0 spiro atoms. The lowest BCUT2D eigenvalue weighted by Gasteiger charge is -2.08. The molecule has 1 N–H and O–H groups in total. The van der Waals surface area contributed by atoms with Gasteiger partial charge in [-0.15, -0.1) is 0 Å². The van der Waals surface area contributed by atoms with E-state index >= 15 is 0 Å². The van der Waals surface area contributed by atoms with Crippen molar-refractivity contribution in [3.8, 4) is 5.82 Å². The van der Waals surface area contributed by atoms with Crippen LogP contribution in [0.15, 0.2) is 18.2 Å². The zero-order valence-electron chi connectivity index (χ0n) is 17.3. The highest BCUT2D eigenvalue weighted by atomic mass is 35.5. The Morgan fingerprint density at radius 2 is 1.87 bits per heavy atom. The van der Waals surface area contributed by atoms with Gasteiger partial charge in [-0.2, -0.15) is 5.10 Å². The van der Waals surface area contributed by atoms with Crippen molar-refractivity contribution in [2.75, 3.05) is 6.61 Å². The minimum absolute atomic E-state index is 0.100. The summed E-state index contributed by atoms with van der Waals surface area (Å²) in [6.07, 6.45) is 0. The zero-order valence-corrected chi connectivity index (χ0v) is 18.0. The largest absolute Gasteiger partial charge is 0.452 e. The van der Waals surface area contributed by atoms with Crippen LogP contribution in [-0.2, 0) is 4.74 Å². The highest BCUT2D eigenvalue weighted by Crippen LogP contribution is 2.21. The first-order chi connectivity index (χ1) is 14.1. The third kappa shape index (κ3) is 4.04. The van der Waals surface area contributed by atoms with Gasteiger partial charge >= 0.3 is 5.97 Å². The van der Waals surface area contributed by atoms with Crippen LogP contribution in [0.25, 0.3) is 5.82 Å². The average molecular weight is 429 g/mol. The third-order valence-corrected chi connectivity index (χ3v) is 4.96. The van der Waals surface area contributed by atoms with Crippen LogP contribution >= 0.6 is 11.6 Å². The van der Waals surface area contributed by atoms with E-state index in [1.807, 2.05) is 19.9 Å². The molecule has 0 aliphatic carbocycles. The Labute approximate surface area is 178 Å². The number of aryl methyl sites for hydroxylation is 3. The van der Waals surface area contributed by atoms with Crippen LogP contribution in [-0.4, -0.2) is 43.9 Å². The molecule has 156 valence electrons. The molecule has 0 aromatic carbocycles. The van der Waals surface area contributed by atoms with Gasteiger partial charge in [-0.1, -0.05) is 11.6 Å². The average Bonchev–Trinajstić information content (AvgIpc) is 3.17. The van der Waals surface area contributed by atoms with Gasteiger partial charge in [0.1, 0.15) is 0 Å². The number of ether oxygens (including phenoxy) is 1. The van der Waals surface area contributed by atoms with Crippen molar-refractivity contribution in [1.82, 2.24) is 19.7 Å². The molecule has 9 heteroatoms. The topological polar surface area (TPSA) is 107 Å². The summed E-state index contributed by atoms with van der Waals surface area (Å²) >= 11 is 6.12. The van der Waals surface area contributed by atoms with Crippen LogP contribution in [0.4, 0.5) is 0 Å². The molecule has 0 fully saturated rings. The van der Waals surface area contributed by atoms with Gasteiger partial charge in [-0.3, -0.25) is 9.59 Å². The summed E-state index contributed by atoms with van der Waals surface area (Å²) in [6.45, 7) is 8.01. The molecular weight excluding hydrogens is 408 g/mol. The second-order valence-electron chi connectivity index (χ2n) is 7.02. The highest BCUT2D eigenvalue weighted by molar-refractivity contribution is 6.33. The lowest BCUT2D eigenvalue weighted by atomic mass is 10.1. The fraction of sp³-hybridized carbons (Fsp3) is 0.286. The normalized spacial score (nSPS) is 10.9. The molecule has 3 heterocycles. The number of nitrogens with one attached hydrogen (secondary N) is 1. The van der Waals surface area contributed by atoms with Crippen molar-refractivity contribution in [2.24, 2.45) is 0 Å². The van der Waals surface area contributed by atoms with Crippen molar-refractivity contribution in [2.45, 2.75) is 34.6 Å². The number of esters is 1. The predicted molar refractivity (Wildman–Crippen MR) is 111 cm³/mol. The van der Waals surface area contributed by atoms with Crippen LogP contribution < -0.4 is 0 Å². The number of halogens is 1. The number of hydrogen-bond acceptors (Lipinski definition) is 6. The van der Waals surface area contributed by atoms with Gasteiger partial charge in [0.05, 0.1) is 16.4 Å². The number of H-pyrrole nitrogens is 1. The molecule has 0 atom stereocenters. The highest BCUT2D eigenvalue weighted by Gasteiger charge is 2.22. The molecule has 3 aromatic heterocycles. The summed E-state index contributed by atoms with van der Waals surface area (Å²) in [5, 5.41) is 4.43. The van der Waals surface area contributed by atoms with Crippen LogP contribution in [0.1, 0.15) is 60.9 Å². The smallest absolute Gasteiger partial charge is 0.359 e. The van der Waals surface area contributed by atoms with Crippen LogP contribution in [0, 0.1) is 27.7 Å². The second-order valence-corrected chi connectivity index (χ2v) is 7.43. The number of pyridine rings is 1. The molecule has 0 amide bonds. The number of hydrogen-bond donors (Lipinski definition) is 1. The second kappa shape index (κ2) is 8.23. The number of Topliss-reactive ketones (excluding diaryl/α,β-unsaturated/α-hetero) is 2. The Balaban J connectivity index is 1.79. The molecule has 0 saturated heterocycles. The molecular formula is C21H21ClN4O4. The third-order valence-electron chi connectivity index (χ3n) is 4.65. The standard InChI is InChI=1S/C21H21ClN4O4/c1-10-8-11(2)26(25-10)17-7-6-15(22)20(24-17)21(29)30-9-16(28)19-12(3)18(14(5)27)13(4)23-19/h6-8,23H,9H2,1-5H3. The number of nitrogens with zero attached hydrogens (tertiary/aromatic N) is 3. The maximum Gasteiger partial charge on any atom is 0.359 e. The first-order valence-electron chi connectivity index (χ1n) is 9.20. The predicted octanol–water partition coefficient (Wildman–Crippen LogP) is 3.72. The van der Waals surface area contributed by atoms with Gasteiger partial charge in [0.15, 0.2) is 23.9 Å². The summed E-state index contributed by atoms with van der Waals surface area (Å²) in [4.78, 5) is 43.9. The van der Waals surface area contributed by atoms with Crippen molar-refractivity contribution >= 4 is 29.1 Å². The molecule has 3 aromatic rings. The van der Waals surface area contributed by atoms with Crippen molar-refractivity contribution in [3.63, 3.8) is 0 Å². The van der Waals surface area contributed by atoms with Gasteiger partial charge in [0.25, 0.3) is 0 Å². The van der Waals surface area contributed by atoms with E-state index in [-0.39, 0.29) is 22.2 Å². The number of aromatic amines is 1. The summed E-state index contributed by atoms with van der Waals surface area (Å²) in [5.74, 6) is -1.02. The summed E-state index contributed by atoms with van der Waals surface area (Å²) < 4.78 is 6.73. The van der Waals surface area contributed by atoms with Gasteiger partial charge in [0.2, 0.25) is 5.78 Å². The maximum atomic E-state index is 12.5. The van der Waals surface area contributed by atoms with Crippen molar-refractivity contribution in [1.29, 1.82) is 0 Å². The Morgan fingerprint density at radius 1 is 1.17 bits per heavy atom. The van der Waals surface area contributed by atoms with E-state index in [1.54, 1.807) is 24.6 Å². The number of carbonyl (C=O) groups is 3. The molecule has 8 nitrogen and oxygen atoms in total. The Bertz CT molecular complexity index is 1180. The summed E-state index contributed by atoms with van der Waals surface area (Å²) in [5.41, 5.74) is 3.36. The lowest BCUT2D eigenvalue weighted by molar-refractivity contribution is 0.0467. The van der Waals surface area contributed by atoms with E-state index in [1.165, 1.54) is 13.0 Å². The van der Waals surface area contributed by atoms with E-state index in [0.29, 0.717) is 22.6 Å². The van der Waals surface area contributed by atoms with E-state index in [9.17, 15) is 14.4 Å². The Kier molecular flexibility index (Phi) is 5.89. The molecule has 0 aliphatic rings. The van der Waals surface area contributed by atoms with Gasteiger partial charge in [-0.25, -0.2) is 14.5 Å². The molecule has 0 aliphatic heterocycles. The number of ketones is 2. The molecule has 0 radical (unpaired) electrons. The van der Waals surface area contributed by atoms with E-state index in [0.717, 1.165) is 11.4 Å². The zero-order chi connectivity index (χ0) is 22.2. The SMILES string of the molecule is CC(=O)c1c(C)[nH]c(C(=O)COC(=O)c2nc(-n3nc(C)cc3C)ccc2Cl)c1C. The fourth-order valence-electron chi connectivity index (χ4n) is 3.38. The van der Waals surface area contributed by atoms with Crippen LogP contribution in [0.3, 0.4) is 0 Å². The monoisotopic (exact) mass is 428 g/mol. The molecule has 0 saturated carbocycles. The minimum atomic E-state index is -0.829. The maximum absolute atomic E-state index is 12.5. The molecule has 3 rings (SSSR count). The summed E-state index contributed by atoms with van der Waals surface area (Å²) in [7, 11) is 0. The Morgan fingerprint density at radius 3 is 2.43 bits per heavy atom. The first-order valence-corrected chi connectivity index (χ1v) is 9.58. The van der Waals surface area contributed by atoms with Gasteiger partial charge in [-0.05, 0) is 58.4 Å². The minimum Gasteiger partial charge on any atom is -0.452 e. The van der Waals surface area contributed by atoms with Gasteiger partial charge < -0.3 is 9.72 Å². The number of carbonyl (C=O) groups excluding carboxylic acids is 3. The van der Waals surface area contributed by atoms with Crippen LogP contribution in [0.5, 0.6) is 0 Å². The molecule has 30 heavy (non-hydrogen) atoms. The lowest BCUT2D eigenvalue weighted by Crippen LogP contribution is -2.17. The van der Waals surface area contributed by atoms with Crippen molar-refractivity contribution in [3.05, 3.63) is 62.8 Å².